The van der Waals surface area contributed by atoms with E-state index in [0.29, 0.717) is 29.4 Å². The largest absolute Gasteiger partial charge is 0.322 e. The second kappa shape index (κ2) is 13.0. The SMILES string of the molecule is CC12CCCC(C1)CC(C)(CCNCCCCCCCSc1cccc3c1CN(C1CCC(=O)NC1=O)C3=O)C2. The molecule has 0 spiro atoms. The zero-order valence-electron chi connectivity index (χ0n) is 24.7. The van der Waals surface area contributed by atoms with E-state index in [0.717, 1.165) is 28.7 Å². The molecule has 2 N–H and O–H groups in total. The Hall–Kier alpha value is -1.86. The van der Waals surface area contributed by atoms with Gasteiger partial charge in [-0.3, -0.25) is 19.7 Å². The minimum absolute atomic E-state index is 0.0924. The van der Waals surface area contributed by atoms with Crippen molar-refractivity contribution in [2.24, 2.45) is 16.7 Å². The van der Waals surface area contributed by atoms with Gasteiger partial charge in [0.2, 0.25) is 11.8 Å². The van der Waals surface area contributed by atoms with Gasteiger partial charge in [0.1, 0.15) is 6.04 Å². The second-order valence-corrected chi connectivity index (χ2v) is 14.9. The first-order chi connectivity index (χ1) is 19.3. The summed E-state index contributed by atoms with van der Waals surface area (Å²) in [6.07, 6.45) is 17.0. The van der Waals surface area contributed by atoms with Crippen LogP contribution >= 0.6 is 11.8 Å². The summed E-state index contributed by atoms with van der Waals surface area (Å²) < 4.78 is 0. The third-order valence-corrected chi connectivity index (χ3v) is 11.2. The normalized spacial score (nSPS) is 29.9. The Morgan fingerprint density at radius 1 is 1.02 bits per heavy atom. The predicted molar refractivity (Wildman–Crippen MR) is 161 cm³/mol. The maximum absolute atomic E-state index is 13.0. The molecule has 7 heteroatoms. The number of thioether (sulfide) groups is 1. The van der Waals surface area contributed by atoms with E-state index in [9.17, 15) is 14.4 Å². The molecule has 6 nitrogen and oxygen atoms in total. The molecule has 2 bridgehead atoms. The lowest BCUT2D eigenvalue weighted by atomic mass is 9.54. The molecular formula is C33H49N3O3S. The fourth-order valence-corrected chi connectivity index (χ4v) is 9.41. The highest BCUT2D eigenvalue weighted by Gasteiger charge is 2.45. The molecule has 2 aliphatic heterocycles. The molecule has 1 aromatic rings. The number of hydrogen-bond donors (Lipinski definition) is 2. The summed E-state index contributed by atoms with van der Waals surface area (Å²) in [7, 11) is 0. The number of nitrogens with one attached hydrogen (secondary N) is 2. The third kappa shape index (κ3) is 7.13. The topological polar surface area (TPSA) is 78.5 Å². The lowest BCUT2D eigenvalue weighted by molar-refractivity contribution is -0.136. The maximum atomic E-state index is 13.0. The van der Waals surface area contributed by atoms with Crippen molar-refractivity contribution in [2.75, 3.05) is 18.8 Å². The standard InChI is InChI=1S/C33H49N3O3S/c1-32-15-9-10-24(20-32)21-33(2,23-32)16-18-34-17-6-4-3-5-7-19-40-28-12-8-11-25-26(28)22-36(31(25)39)27-13-14-29(37)35-30(27)38/h8,11-12,24,27,34H,3-7,9-10,13-23H2,1-2H3,(H,35,37,38). The predicted octanol–water partition coefficient (Wildman–Crippen LogP) is 6.47. The van der Waals surface area contributed by atoms with Gasteiger partial charge in [0.05, 0.1) is 0 Å². The fourth-order valence-electron chi connectivity index (χ4n) is 8.32. The van der Waals surface area contributed by atoms with Crippen molar-refractivity contribution in [2.45, 2.75) is 121 Å². The van der Waals surface area contributed by atoms with Gasteiger partial charge >= 0.3 is 0 Å². The smallest absolute Gasteiger partial charge is 0.255 e. The zero-order chi connectivity index (χ0) is 28.2. The summed E-state index contributed by atoms with van der Waals surface area (Å²) in [5, 5.41) is 6.12. The first-order valence-electron chi connectivity index (χ1n) is 15.9. The van der Waals surface area contributed by atoms with Crippen LogP contribution in [0, 0.1) is 16.7 Å². The molecule has 220 valence electrons. The Labute approximate surface area is 245 Å². The van der Waals surface area contributed by atoms with E-state index in [1.54, 1.807) is 4.90 Å². The molecule has 1 saturated heterocycles. The van der Waals surface area contributed by atoms with E-state index >= 15 is 0 Å². The van der Waals surface area contributed by atoms with Gasteiger partial charge in [0, 0.05) is 23.4 Å². The lowest BCUT2D eigenvalue weighted by Gasteiger charge is -2.51. The van der Waals surface area contributed by atoms with Crippen LogP contribution in [0.25, 0.3) is 0 Å². The number of amides is 3. The van der Waals surface area contributed by atoms with Crippen molar-refractivity contribution >= 4 is 29.5 Å². The van der Waals surface area contributed by atoms with Gasteiger partial charge in [-0.25, -0.2) is 0 Å². The molecular weight excluding hydrogens is 518 g/mol. The molecule has 1 aromatic carbocycles. The molecule has 40 heavy (non-hydrogen) atoms. The minimum atomic E-state index is -0.552. The van der Waals surface area contributed by atoms with Crippen LogP contribution in [0.3, 0.4) is 0 Å². The molecule has 4 atom stereocenters. The fraction of sp³-hybridized carbons (Fsp3) is 0.727. The lowest BCUT2D eigenvalue weighted by Crippen LogP contribution is -2.52. The molecule has 4 unspecified atom stereocenters. The summed E-state index contributed by atoms with van der Waals surface area (Å²) in [6, 6.07) is 5.35. The van der Waals surface area contributed by atoms with Crippen LogP contribution in [0.1, 0.15) is 120 Å². The Bertz CT molecular complexity index is 1090. The van der Waals surface area contributed by atoms with Gasteiger partial charge < -0.3 is 10.2 Å². The van der Waals surface area contributed by atoms with Gasteiger partial charge in [-0.2, -0.15) is 0 Å². The molecule has 3 amide bonds. The Kier molecular flexibility index (Phi) is 9.61. The second-order valence-electron chi connectivity index (χ2n) is 13.8. The van der Waals surface area contributed by atoms with E-state index in [-0.39, 0.29) is 24.1 Å². The van der Waals surface area contributed by atoms with Crippen molar-refractivity contribution in [1.29, 1.82) is 0 Å². The summed E-state index contributed by atoms with van der Waals surface area (Å²) in [4.78, 5) is 39.7. The highest BCUT2D eigenvalue weighted by Crippen LogP contribution is 2.56. The molecule has 0 aromatic heterocycles. The Morgan fingerprint density at radius 3 is 2.67 bits per heavy atom. The molecule has 2 heterocycles. The van der Waals surface area contributed by atoms with Gasteiger partial charge in [-0.15, -0.1) is 11.8 Å². The zero-order valence-corrected chi connectivity index (χ0v) is 25.5. The average molecular weight is 568 g/mol. The van der Waals surface area contributed by atoms with E-state index < -0.39 is 6.04 Å². The minimum Gasteiger partial charge on any atom is -0.322 e. The Balaban J connectivity index is 0.941. The summed E-state index contributed by atoms with van der Waals surface area (Å²) in [6.45, 7) is 7.86. The number of hydrogen-bond acceptors (Lipinski definition) is 5. The molecule has 2 saturated carbocycles. The van der Waals surface area contributed by atoms with Crippen LogP contribution in [-0.4, -0.2) is 47.5 Å². The number of unbranched alkanes of at least 4 members (excludes halogenated alkanes) is 4. The Morgan fingerprint density at radius 2 is 1.85 bits per heavy atom. The van der Waals surface area contributed by atoms with Gasteiger partial charge in [0.25, 0.3) is 5.91 Å². The maximum Gasteiger partial charge on any atom is 0.255 e. The number of fused-ring (bicyclic) bond motifs is 3. The average Bonchev–Trinajstić information content (AvgIpc) is 3.23. The number of carbonyl (C=O) groups excluding carboxylic acids is 3. The molecule has 0 radical (unpaired) electrons. The molecule has 4 aliphatic rings. The van der Waals surface area contributed by atoms with E-state index in [1.165, 1.54) is 83.6 Å². The van der Waals surface area contributed by atoms with Crippen LogP contribution in [0.2, 0.25) is 0 Å². The first kappa shape index (κ1) is 29.6. The van der Waals surface area contributed by atoms with Crippen LogP contribution in [0.15, 0.2) is 23.1 Å². The van der Waals surface area contributed by atoms with E-state index in [2.05, 4.69) is 30.5 Å². The number of imide groups is 1. The highest BCUT2D eigenvalue weighted by atomic mass is 32.2. The van der Waals surface area contributed by atoms with Crippen molar-refractivity contribution in [3.8, 4) is 0 Å². The molecule has 3 fully saturated rings. The van der Waals surface area contributed by atoms with Crippen LogP contribution in [-0.2, 0) is 16.1 Å². The first-order valence-corrected chi connectivity index (χ1v) is 16.8. The number of nitrogens with zero attached hydrogens (tertiary/aromatic N) is 1. The number of piperidine rings is 1. The van der Waals surface area contributed by atoms with E-state index in [1.807, 2.05) is 23.9 Å². The van der Waals surface area contributed by atoms with Crippen molar-refractivity contribution < 1.29 is 14.4 Å². The van der Waals surface area contributed by atoms with Crippen LogP contribution < -0.4 is 10.6 Å². The molecule has 2 aliphatic carbocycles. The van der Waals surface area contributed by atoms with E-state index in [4.69, 9.17) is 0 Å². The van der Waals surface area contributed by atoms with Gasteiger partial charge in [-0.05, 0) is 105 Å². The van der Waals surface area contributed by atoms with Crippen molar-refractivity contribution in [3.05, 3.63) is 29.3 Å². The monoisotopic (exact) mass is 567 g/mol. The number of carbonyl (C=O) groups is 3. The van der Waals surface area contributed by atoms with Crippen LogP contribution in [0.5, 0.6) is 0 Å². The highest BCUT2D eigenvalue weighted by molar-refractivity contribution is 7.99. The van der Waals surface area contributed by atoms with Crippen LogP contribution in [0.4, 0.5) is 0 Å². The molecule has 5 rings (SSSR count). The van der Waals surface area contributed by atoms with Gasteiger partial charge in [-0.1, -0.05) is 52.0 Å². The third-order valence-electron chi connectivity index (χ3n) is 10.0. The number of rotatable bonds is 13. The van der Waals surface area contributed by atoms with Crippen molar-refractivity contribution in [1.82, 2.24) is 15.5 Å². The summed E-state index contributed by atoms with van der Waals surface area (Å²) in [5.74, 6) is 1.33. The van der Waals surface area contributed by atoms with Crippen molar-refractivity contribution in [3.63, 3.8) is 0 Å². The number of benzene rings is 1. The summed E-state index contributed by atoms with van der Waals surface area (Å²) in [5.41, 5.74) is 2.89. The summed E-state index contributed by atoms with van der Waals surface area (Å²) >= 11 is 1.83. The van der Waals surface area contributed by atoms with Gasteiger partial charge in [0.15, 0.2) is 0 Å². The quantitative estimate of drug-likeness (QED) is 0.162.